The number of carbonyl (C=O) groups is 2. The lowest BCUT2D eigenvalue weighted by molar-refractivity contribution is -0.118. The van der Waals surface area contributed by atoms with E-state index in [2.05, 4.69) is 0 Å². The molecule has 0 radical (unpaired) electrons. The number of carbonyl (C=O) groups excluding carboxylic acids is 2. The summed E-state index contributed by atoms with van der Waals surface area (Å²) in [6.07, 6.45) is 1.92. The van der Waals surface area contributed by atoms with Gasteiger partial charge in [0, 0.05) is 30.9 Å². The van der Waals surface area contributed by atoms with E-state index in [1.165, 1.54) is 0 Å². The van der Waals surface area contributed by atoms with E-state index < -0.39 is 5.91 Å². The van der Waals surface area contributed by atoms with Crippen molar-refractivity contribution in [1.82, 2.24) is 0 Å². The molecule has 0 spiro atoms. The minimum absolute atomic E-state index is 0. The largest absolute Gasteiger partial charge is 0.495 e. The van der Waals surface area contributed by atoms with Gasteiger partial charge >= 0.3 is 0 Å². The van der Waals surface area contributed by atoms with Gasteiger partial charge in [0.15, 0.2) is 0 Å². The van der Waals surface area contributed by atoms with E-state index >= 15 is 0 Å². The number of primary amides is 1. The van der Waals surface area contributed by atoms with Crippen molar-refractivity contribution in [2.45, 2.75) is 19.3 Å². The highest BCUT2D eigenvalue weighted by molar-refractivity contribution is 5.98. The first-order valence-corrected chi connectivity index (χ1v) is 9.35. The van der Waals surface area contributed by atoms with E-state index in [4.69, 9.17) is 16.2 Å². The van der Waals surface area contributed by atoms with Crippen LogP contribution in [0.1, 0.15) is 18.4 Å². The summed E-state index contributed by atoms with van der Waals surface area (Å²) in [4.78, 5) is 28.2. The molecule has 1 aliphatic heterocycles. The number of benzene rings is 2. The summed E-state index contributed by atoms with van der Waals surface area (Å²) in [5.74, 6) is -0.00609. The van der Waals surface area contributed by atoms with Gasteiger partial charge in [0.25, 0.3) is 0 Å². The Kier molecular flexibility index (Phi) is 7.73. The molecule has 0 aliphatic carbocycles. The molecule has 0 saturated heterocycles. The van der Waals surface area contributed by atoms with Gasteiger partial charge in [0.2, 0.25) is 11.8 Å². The van der Waals surface area contributed by atoms with Gasteiger partial charge in [-0.3, -0.25) is 9.59 Å². The molecule has 4 N–H and O–H groups in total. The van der Waals surface area contributed by atoms with Crippen LogP contribution in [0.5, 0.6) is 5.75 Å². The molecular weight excluding hydrogens is 392 g/mol. The summed E-state index contributed by atoms with van der Waals surface area (Å²) >= 11 is 0. The molecule has 29 heavy (non-hydrogen) atoms. The summed E-state index contributed by atoms with van der Waals surface area (Å²) < 4.78 is 5.41. The summed E-state index contributed by atoms with van der Waals surface area (Å²) in [7, 11) is 1.55. The Labute approximate surface area is 177 Å². The highest BCUT2D eigenvalue weighted by Crippen LogP contribution is 2.32. The number of amides is 2. The fourth-order valence-electron chi connectivity index (χ4n) is 3.59. The number of nitrogens with zero attached hydrogens (tertiary/aromatic N) is 2. The Morgan fingerprint density at radius 2 is 1.93 bits per heavy atom. The van der Waals surface area contributed by atoms with Crippen LogP contribution in [-0.2, 0) is 16.0 Å². The van der Waals surface area contributed by atoms with Crippen molar-refractivity contribution in [3.05, 3.63) is 48.0 Å². The van der Waals surface area contributed by atoms with Crippen LogP contribution in [0.4, 0.5) is 17.1 Å². The Morgan fingerprint density at radius 3 is 2.66 bits per heavy atom. The van der Waals surface area contributed by atoms with Crippen molar-refractivity contribution in [2.24, 2.45) is 5.73 Å². The molecule has 2 amide bonds. The standard InChI is InChI=1S/C21H26N4O3.ClH/c1-28-19-10-3-2-8-18(19)25(13-11-20(23)26)21(27)14-24-12-5-6-15-16(22)7-4-9-17(15)24;/h2-4,7-10H,5-6,11-14,22H2,1H3,(H2,23,26);1H. The van der Waals surface area contributed by atoms with Crippen molar-refractivity contribution in [1.29, 1.82) is 0 Å². The Hall–Kier alpha value is -2.93. The normalized spacial score (nSPS) is 12.5. The maximum Gasteiger partial charge on any atom is 0.246 e. The lowest BCUT2D eigenvalue weighted by Crippen LogP contribution is -2.43. The number of nitrogen functional groups attached to an aromatic ring is 1. The monoisotopic (exact) mass is 418 g/mol. The SMILES string of the molecule is COc1ccccc1N(CCC(N)=O)C(=O)CN1CCCc2c(N)cccc21.Cl. The molecule has 1 heterocycles. The van der Waals surface area contributed by atoms with E-state index in [1.54, 1.807) is 24.1 Å². The van der Waals surface area contributed by atoms with Crippen LogP contribution in [0.15, 0.2) is 42.5 Å². The fraction of sp³-hybridized carbons (Fsp3) is 0.333. The Morgan fingerprint density at radius 1 is 1.17 bits per heavy atom. The van der Waals surface area contributed by atoms with Gasteiger partial charge in [-0.1, -0.05) is 18.2 Å². The van der Waals surface area contributed by atoms with E-state index in [0.29, 0.717) is 11.4 Å². The van der Waals surface area contributed by atoms with Crippen LogP contribution in [0.25, 0.3) is 0 Å². The summed E-state index contributed by atoms with van der Waals surface area (Å²) in [5, 5.41) is 0. The van der Waals surface area contributed by atoms with Crippen molar-refractivity contribution in [2.75, 3.05) is 42.3 Å². The highest BCUT2D eigenvalue weighted by Gasteiger charge is 2.25. The fourth-order valence-corrected chi connectivity index (χ4v) is 3.59. The number of hydrogen-bond acceptors (Lipinski definition) is 5. The average molecular weight is 419 g/mol. The number of anilines is 3. The summed E-state index contributed by atoms with van der Waals surface area (Å²) in [5.41, 5.74) is 14.9. The molecule has 7 nitrogen and oxygen atoms in total. The van der Waals surface area contributed by atoms with Gasteiger partial charge in [-0.25, -0.2) is 0 Å². The lowest BCUT2D eigenvalue weighted by Gasteiger charge is -2.33. The minimum atomic E-state index is -0.455. The number of hydrogen-bond donors (Lipinski definition) is 2. The molecule has 0 saturated carbocycles. The lowest BCUT2D eigenvalue weighted by atomic mass is 10.00. The van der Waals surface area contributed by atoms with E-state index in [0.717, 1.165) is 36.3 Å². The van der Waals surface area contributed by atoms with Crippen molar-refractivity contribution in [3.8, 4) is 5.75 Å². The highest BCUT2D eigenvalue weighted by atomic mass is 35.5. The number of halogens is 1. The number of methoxy groups -OCH3 is 1. The maximum absolute atomic E-state index is 13.2. The van der Waals surface area contributed by atoms with Gasteiger partial charge in [-0.05, 0) is 42.7 Å². The smallest absolute Gasteiger partial charge is 0.246 e. The molecule has 3 rings (SSSR count). The van der Waals surface area contributed by atoms with Gasteiger partial charge in [-0.2, -0.15) is 0 Å². The molecular formula is C21H27ClN4O3. The molecule has 0 fully saturated rings. The van der Waals surface area contributed by atoms with Crippen molar-refractivity contribution >= 4 is 41.3 Å². The minimum Gasteiger partial charge on any atom is -0.495 e. The predicted molar refractivity (Wildman–Crippen MR) is 118 cm³/mol. The first-order chi connectivity index (χ1) is 13.5. The maximum atomic E-state index is 13.2. The van der Waals surface area contributed by atoms with E-state index in [-0.39, 0.29) is 37.8 Å². The molecule has 1 aliphatic rings. The molecule has 0 bridgehead atoms. The van der Waals surface area contributed by atoms with Gasteiger partial charge in [0.1, 0.15) is 5.75 Å². The number of ether oxygens (including phenoxy) is 1. The van der Waals surface area contributed by atoms with Crippen LogP contribution in [0.2, 0.25) is 0 Å². The molecule has 8 heteroatoms. The van der Waals surface area contributed by atoms with Crippen LogP contribution in [0, 0.1) is 0 Å². The third kappa shape index (κ3) is 5.12. The second kappa shape index (κ2) is 10.0. The van der Waals surface area contributed by atoms with Crippen LogP contribution >= 0.6 is 12.4 Å². The first kappa shape index (κ1) is 22.4. The van der Waals surface area contributed by atoms with E-state index in [9.17, 15) is 9.59 Å². The second-order valence-corrected chi connectivity index (χ2v) is 6.80. The van der Waals surface area contributed by atoms with Crippen LogP contribution in [0.3, 0.4) is 0 Å². The number of fused-ring (bicyclic) bond motifs is 1. The Bertz CT molecular complexity index is 875. The third-order valence-corrected chi connectivity index (χ3v) is 4.97. The molecule has 2 aromatic rings. The number of nitrogens with two attached hydrogens (primary N) is 2. The van der Waals surface area contributed by atoms with Gasteiger partial charge in [0.05, 0.1) is 19.3 Å². The molecule has 156 valence electrons. The zero-order valence-electron chi connectivity index (χ0n) is 16.5. The van der Waals surface area contributed by atoms with Crippen molar-refractivity contribution < 1.29 is 14.3 Å². The summed E-state index contributed by atoms with van der Waals surface area (Å²) in [6, 6.07) is 13.0. The molecule has 0 unspecified atom stereocenters. The van der Waals surface area contributed by atoms with Crippen LogP contribution in [-0.4, -0.2) is 38.6 Å². The number of para-hydroxylation sites is 2. The third-order valence-electron chi connectivity index (χ3n) is 4.97. The molecule has 2 aromatic carbocycles. The van der Waals surface area contributed by atoms with E-state index in [1.807, 2.05) is 35.2 Å². The van der Waals surface area contributed by atoms with Crippen molar-refractivity contribution in [3.63, 3.8) is 0 Å². The second-order valence-electron chi connectivity index (χ2n) is 6.80. The van der Waals surface area contributed by atoms with Gasteiger partial charge in [-0.15, -0.1) is 12.4 Å². The average Bonchev–Trinajstić information content (AvgIpc) is 2.69. The molecule has 0 aromatic heterocycles. The zero-order chi connectivity index (χ0) is 20.1. The quantitative estimate of drug-likeness (QED) is 0.672. The Balaban J connectivity index is 0.00000300. The summed E-state index contributed by atoms with van der Waals surface area (Å²) in [6.45, 7) is 1.16. The van der Waals surface area contributed by atoms with Crippen LogP contribution < -0.4 is 26.0 Å². The zero-order valence-corrected chi connectivity index (χ0v) is 17.3. The molecule has 0 atom stereocenters. The topological polar surface area (TPSA) is 102 Å². The number of rotatable bonds is 7. The van der Waals surface area contributed by atoms with Gasteiger partial charge < -0.3 is 26.0 Å². The predicted octanol–water partition coefficient (Wildman–Crippen LogP) is 2.36. The first-order valence-electron chi connectivity index (χ1n) is 9.35.